The van der Waals surface area contributed by atoms with E-state index in [1.54, 1.807) is 0 Å². The summed E-state index contributed by atoms with van der Waals surface area (Å²) >= 11 is 0. The third-order valence-corrected chi connectivity index (χ3v) is 7.94. The van der Waals surface area contributed by atoms with Crippen molar-refractivity contribution < 1.29 is 9.59 Å². The Labute approximate surface area is 212 Å². The van der Waals surface area contributed by atoms with Crippen LogP contribution in [0.5, 0.6) is 0 Å². The molecule has 2 heterocycles. The molecule has 0 bridgehead atoms. The van der Waals surface area contributed by atoms with Crippen molar-refractivity contribution >= 4 is 29.3 Å². The van der Waals surface area contributed by atoms with Crippen LogP contribution in [0.4, 0.5) is 17.5 Å². The van der Waals surface area contributed by atoms with Crippen molar-refractivity contribution in [3.05, 3.63) is 41.1 Å². The third kappa shape index (κ3) is 5.46. The third-order valence-electron chi connectivity index (χ3n) is 7.94. The summed E-state index contributed by atoms with van der Waals surface area (Å²) in [6.07, 6.45) is 12.1. The first kappa shape index (κ1) is 24.5. The maximum absolute atomic E-state index is 13.1. The van der Waals surface area contributed by atoms with Crippen LogP contribution in [0.15, 0.2) is 24.4 Å². The second kappa shape index (κ2) is 10.8. The molecule has 36 heavy (non-hydrogen) atoms. The number of hydrogen-bond donors (Lipinski definition) is 4. The van der Waals surface area contributed by atoms with E-state index in [4.69, 9.17) is 11.5 Å². The molecule has 9 heteroatoms. The molecule has 2 saturated carbocycles. The van der Waals surface area contributed by atoms with Gasteiger partial charge in [0.15, 0.2) is 0 Å². The number of amides is 2. The van der Waals surface area contributed by atoms with Gasteiger partial charge < -0.3 is 27.0 Å². The van der Waals surface area contributed by atoms with Crippen LogP contribution in [0, 0.1) is 5.92 Å². The fourth-order valence-corrected chi connectivity index (χ4v) is 5.80. The molecule has 1 aromatic heterocycles. The van der Waals surface area contributed by atoms with Gasteiger partial charge in [-0.25, -0.2) is 4.98 Å². The van der Waals surface area contributed by atoms with E-state index in [0.29, 0.717) is 24.2 Å². The summed E-state index contributed by atoms with van der Waals surface area (Å²) in [5.41, 5.74) is 15.3. The van der Waals surface area contributed by atoms with Crippen LogP contribution >= 0.6 is 0 Å². The van der Waals surface area contributed by atoms with Crippen LogP contribution in [-0.2, 0) is 17.8 Å². The average Bonchev–Trinajstić information content (AvgIpc) is 2.89. The summed E-state index contributed by atoms with van der Waals surface area (Å²) in [5.74, 6) is 0.647. The first-order valence-electron chi connectivity index (χ1n) is 13.3. The van der Waals surface area contributed by atoms with Gasteiger partial charge in [0.05, 0.1) is 0 Å². The SMILES string of the molecule is NC(=O)c1cnc(N[C@@H]2CCCC[C@@H]2N)nc1Nc1ccc2c(c1)CN(C(=O)C1CCCCC1)CC2. The van der Waals surface area contributed by atoms with Crippen molar-refractivity contribution in [1.82, 2.24) is 14.9 Å². The molecule has 0 unspecified atom stereocenters. The molecule has 2 fully saturated rings. The Balaban J connectivity index is 1.33. The molecule has 192 valence electrons. The second-order valence-electron chi connectivity index (χ2n) is 10.5. The lowest BCUT2D eigenvalue weighted by molar-refractivity contribution is -0.137. The largest absolute Gasteiger partial charge is 0.365 e. The lowest BCUT2D eigenvalue weighted by atomic mass is 9.87. The fourth-order valence-electron chi connectivity index (χ4n) is 5.80. The molecule has 2 aromatic rings. The second-order valence-corrected chi connectivity index (χ2v) is 10.5. The molecule has 2 amide bonds. The van der Waals surface area contributed by atoms with Crippen LogP contribution < -0.4 is 22.1 Å². The van der Waals surface area contributed by atoms with E-state index in [1.807, 2.05) is 17.0 Å². The molecule has 9 nitrogen and oxygen atoms in total. The number of hydrogen-bond acceptors (Lipinski definition) is 7. The van der Waals surface area contributed by atoms with Crippen molar-refractivity contribution in [3.8, 4) is 0 Å². The van der Waals surface area contributed by atoms with Gasteiger partial charge in [-0.3, -0.25) is 9.59 Å². The minimum absolute atomic E-state index is 0.0505. The molecular formula is C27H37N7O2. The van der Waals surface area contributed by atoms with Crippen LogP contribution in [0.3, 0.4) is 0 Å². The average molecular weight is 492 g/mol. The first-order chi connectivity index (χ1) is 17.5. The van der Waals surface area contributed by atoms with Crippen LogP contribution in [0.1, 0.15) is 79.3 Å². The molecule has 0 radical (unpaired) electrons. The van der Waals surface area contributed by atoms with Crippen molar-refractivity contribution in [2.24, 2.45) is 17.4 Å². The number of aromatic nitrogens is 2. The molecule has 0 spiro atoms. The van der Waals surface area contributed by atoms with Gasteiger partial charge in [0, 0.05) is 43.0 Å². The lowest BCUT2D eigenvalue weighted by Crippen LogP contribution is -2.43. The highest BCUT2D eigenvalue weighted by Crippen LogP contribution is 2.30. The van der Waals surface area contributed by atoms with Gasteiger partial charge in [-0.1, -0.05) is 38.2 Å². The maximum Gasteiger partial charge on any atom is 0.254 e. The van der Waals surface area contributed by atoms with E-state index in [9.17, 15) is 9.59 Å². The van der Waals surface area contributed by atoms with Gasteiger partial charge in [0.1, 0.15) is 11.4 Å². The maximum atomic E-state index is 13.1. The Kier molecular flexibility index (Phi) is 7.36. The van der Waals surface area contributed by atoms with Crippen LogP contribution in [0.2, 0.25) is 0 Å². The van der Waals surface area contributed by atoms with Crippen LogP contribution in [-0.4, -0.2) is 45.3 Å². The zero-order valence-corrected chi connectivity index (χ0v) is 20.8. The number of primary amides is 1. The Hall–Kier alpha value is -3.20. The summed E-state index contributed by atoms with van der Waals surface area (Å²) in [6.45, 7) is 1.38. The molecule has 6 N–H and O–H groups in total. The predicted octanol–water partition coefficient (Wildman–Crippen LogP) is 3.47. The predicted molar refractivity (Wildman–Crippen MR) is 140 cm³/mol. The molecular weight excluding hydrogens is 454 g/mol. The number of benzene rings is 1. The number of carbonyl (C=O) groups is 2. The normalized spacial score (nSPS) is 22.5. The molecule has 0 saturated heterocycles. The molecule has 2 atom stereocenters. The van der Waals surface area contributed by atoms with E-state index < -0.39 is 5.91 Å². The topological polar surface area (TPSA) is 139 Å². The number of nitrogens with zero attached hydrogens (tertiary/aromatic N) is 3. The Morgan fingerprint density at radius 1 is 1.00 bits per heavy atom. The van der Waals surface area contributed by atoms with E-state index in [1.165, 1.54) is 18.2 Å². The van der Waals surface area contributed by atoms with Gasteiger partial charge >= 0.3 is 0 Å². The van der Waals surface area contributed by atoms with E-state index in [-0.39, 0.29) is 23.6 Å². The molecule has 5 rings (SSSR count). The van der Waals surface area contributed by atoms with E-state index in [0.717, 1.165) is 75.6 Å². The minimum Gasteiger partial charge on any atom is -0.365 e. The number of nitrogens with two attached hydrogens (primary N) is 2. The number of carbonyl (C=O) groups excluding carboxylic acids is 2. The molecule has 1 aromatic carbocycles. The lowest BCUT2D eigenvalue weighted by Gasteiger charge is -2.33. The highest BCUT2D eigenvalue weighted by atomic mass is 16.2. The van der Waals surface area contributed by atoms with Crippen LogP contribution in [0.25, 0.3) is 0 Å². The zero-order valence-electron chi connectivity index (χ0n) is 20.8. The summed E-state index contributed by atoms with van der Waals surface area (Å²) in [5, 5.41) is 6.61. The summed E-state index contributed by atoms with van der Waals surface area (Å²) in [7, 11) is 0. The van der Waals surface area contributed by atoms with Gasteiger partial charge in [-0.15, -0.1) is 0 Å². The van der Waals surface area contributed by atoms with Crippen molar-refractivity contribution in [2.45, 2.75) is 82.8 Å². The van der Waals surface area contributed by atoms with Gasteiger partial charge in [0.2, 0.25) is 11.9 Å². The standard InChI is InChI=1S/C27H37N7O2/c28-22-8-4-5-9-23(22)32-27-30-15-21(24(29)35)25(33-27)31-20-11-10-17-12-13-34(16-19(17)14-20)26(36)18-6-2-1-3-7-18/h10-11,14-15,18,22-23H,1-9,12-13,16,28H2,(H2,29,35)(H2,30,31,32,33)/t22-,23+/m0/s1. The Morgan fingerprint density at radius 2 is 1.78 bits per heavy atom. The highest BCUT2D eigenvalue weighted by Gasteiger charge is 2.28. The first-order valence-corrected chi connectivity index (χ1v) is 13.3. The van der Waals surface area contributed by atoms with Gasteiger partial charge in [-0.2, -0.15) is 4.98 Å². The van der Waals surface area contributed by atoms with E-state index in [2.05, 4.69) is 26.7 Å². The van der Waals surface area contributed by atoms with Gasteiger partial charge in [0.25, 0.3) is 5.91 Å². The smallest absolute Gasteiger partial charge is 0.254 e. The molecule has 1 aliphatic heterocycles. The van der Waals surface area contributed by atoms with E-state index >= 15 is 0 Å². The quantitative estimate of drug-likeness (QED) is 0.485. The van der Waals surface area contributed by atoms with Crippen molar-refractivity contribution in [2.75, 3.05) is 17.2 Å². The fraction of sp³-hybridized carbons (Fsp3) is 0.556. The number of anilines is 3. The van der Waals surface area contributed by atoms with Crippen molar-refractivity contribution in [1.29, 1.82) is 0 Å². The summed E-state index contributed by atoms with van der Waals surface area (Å²) in [6, 6.07) is 6.27. The number of rotatable bonds is 6. The summed E-state index contributed by atoms with van der Waals surface area (Å²) in [4.78, 5) is 36.1. The zero-order chi connectivity index (χ0) is 25.1. The Morgan fingerprint density at radius 3 is 2.56 bits per heavy atom. The molecule has 3 aliphatic rings. The number of fused-ring (bicyclic) bond motifs is 1. The highest BCUT2D eigenvalue weighted by molar-refractivity contribution is 5.98. The van der Waals surface area contributed by atoms with Gasteiger partial charge in [-0.05, 0) is 55.4 Å². The Bertz CT molecular complexity index is 1120. The number of nitrogens with one attached hydrogen (secondary N) is 2. The van der Waals surface area contributed by atoms with Crippen molar-refractivity contribution in [3.63, 3.8) is 0 Å². The monoisotopic (exact) mass is 491 g/mol. The minimum atomic E-state index is -0.597. The summed E-state index contributed by atoms with van der Waals surface area (Å²) < 4.78 is 0. The molecule has 2 aliphatic carbocycles.